The van der Waals surface area contributed by atoms with Gasteiger partial charge in [-0.3, -0.25) is 0 Å². The topological polar surface area (TPSA) is 39.2 Å². The molecule has 0 radical (unpaired) electrons. The minimum atomic E-state index is -0.366. The Morgan fingerprint density at radius 1 is 1.14 bits per heavy atom. The monoisotopic (exact) mass is 303 g/mol. The third-order valence-electron chi connectivity index (χ3n) is 3.95. The molecule has 1 aliphatic rings. The molecule has 0 unspecified atom stereocenters. The summed E-state index contributed by atoms with van der Waals surface area (Å²) in [6, 6.07) is 9.13. The highest BCUT2D eigenvalue weighted by atomic mass is 35.5. The van der Waals surface area contributed by atoms with Crippen LogP contribution in [0, 0.1) is 0 Å². The Morgan fingerprint density at radius 3 is 2.62 bits per heavy atom. The van der Waals surface area contributed by atoms with E-state index in [4.69, 9.17) is 16.3 Å². The molecule has 3 nitrogen and oxygen atoms in total. The van der Waals surface area contributed by atoms with Crippen LogP contribution in [0.1, 0.15) is 49.0 Å². The van der Waals surface area contributed by atoms with Crippen LogP contribution in [0.2, 0.25) is 5.02 Å². The number of aromatic nitrogens is 1. The maximum absolute atomic E-state index is 12.3. The van der Waals surface area contributed by atoms with Crippen LogP contribution in [0.25, 0.3) is 10.9 Å². The number of carbonyl (C=O) groups excluding carboxylic acids is 1. The zero-order valence-electron chi connectivity index (χ0n) is 11.8. The summed E-state index contributed by atoms with van der Waals surface area (Å²) in [5, 5.41) is 1.39. The Labute approximate surface area is 129 Å². The van der Waals surface area contributed by atoms with Gasteiger partial charge < -0.3 is 4.74 Å². The average molecular weight is 304 g/mol. The van der Waals surface area contributed by atoms with E-state index in [9.17, 15) is 4.79 Å². The second-order valence-electron chi connectivity index (χ2n) is 5.53. The number of para-hydroxylation sites is 1. The summed E-state index contributed by atoms with van der Waals surface area (Å²) >= 11 is 6.23. The number of pyridine rings is 1. The fraction of sp³-hybridized carbons (Fsp3) is 0.412. The van der Waals surface area contributed by atoms with E-state index in [2.05, 4.69) is 4.98 Å². The van der Waals surface area contributed by atoms with Gasteiger partial charge in [0.15, 0.2) is 5.69 Å². The molecule has 0 aliphatic heterocycles. The second-order valence-corrected chi connectivity index (χ2v) is 5.93. The molecule has 2 aromatic rings. The van der Waals surface area contributed by atoms with Gasteiger partial charge in [-0.15, -0.1) is 0 Å². The minimum Gasteiger partial charge on any atom is -0.458 e. The molecular formula is C17H18ClNO2. The first-order valence-corrected chi connectivity index (χ1v) is 7.88. The number of fused-ring (bicyclic) bond motifs is 1. The Bertz CT molecular complexity index is 648. The van der Waals surface area contributed by atoms with Gasteiger partial charge in [0.1, 0.15) is 6.10 Å². The Morgan fingerprint density at radius 2 is 1.86 bits per heavy atom. The van der Waals surface area contributed by atoms with Crippen molar-refractivity contribution in [1.82, 2.24) is 4.98 Å². The molecule has 0 bridgehead atoms. The molecule has 1 aromatic carbocycles. The summed E-state index contributed by atoms with van der Waals surface area (Å²) in [4.78, 5) is 16.6. The molecule has 1 fully saturated rings. The first-order chi connectivity index (χ1) is 10.2. The normalized spacial score (nSPS) is 16.6. The van der Waals surface area contributed by atoms with Crippen LogP contribution in [0.4, 0.5) is 0 Å². The Kier molecular flexibility index (Phi) is 4.39. The molecule has 0 atom stereocenters. The van der Waals surface area contributed by atoms with Gasteiger partial charge in [0, 0.05) is 5.39 Å². The second kappa shape index (κ2) is 6.44. The van der Waals surface area contributed by atoms with Crippen molar-refractivity contribution < 1.29 is 9.53 Å². The van der Waals surface area contributed by atoms with Gasteiger partial charge in [-0.2, -0.15) is 0 Å². The minimum absolute atomic E-state index is 0.0204. The Balaban J connectivity index is 1.80. The standard InChI is InChI=1S/C17H18ClNO2/c18-14-11-16(19-15-10-6-5-9-13(14)15)17(20)21-12-7-3-1-2-4-8-12/h5-6,9-12H,1-4,7-8H2. The van der Waals surface area contributed by atoms with Crippen LogP contribution in [0.5, 0.6) is 0 Å². The molecule has 3 rings (SSSR count). The third-order valence-corrected chi connectivity index (χ3v) is 4.26. The first-order valence-electron chi connectivity index (χ1n) is 7.50. The van der Waals surface area contributed by atoms with Crippen molar-refractivity contribution in [3.63, 3.8) is 0 Å². The first kappa shape index (κ1) is 14.3. The highest BCUT2D eigenvalue weighted by Gasteiger charge is 2.19. The average Bonchev–Trinajstić information content (AvgIpc) is 2.76. The molecule has 0 spiro atoms. The van der Waals surface area contributed by atoms with Gasteiger partial charge in [0.05, 0.1) is 10.5 Å². The molecule has 1 aromatic heterocycles. The number of esters is 1. The lowest BCUT2D eigenvalue weighted by Gasteiger charge is -2.15. The van der Waals surface area contributed by atoms with Gasteiger partial charge in [0.2, 0.25) is 0 Å². The van der Waals surface area contributed by atoms with Crippen molar-refractivity contribution in [3.8, 4) is 0 Å². The number of hydrogen-bond acceptors (Lipinski definition) is 3. The van der Waals surface area contributed by atoms with Crippen LogP contribution >= 0.6 is 11.6 Å². The van der Waals surface area contributed by atoms with E-state index in [1.54, 1.807) is 6.07 Å². The van der Waals surface area contributed by atoms with Crippen LogP contribution in [-0.2, 0) is 4.74 Å². The van der Waals surface area contributed by atoms with Crippen molar-refractivity contribution in [3.05, 3.63) is 41.0 Å². The van der Waals surface area contributed by atoms with Crippen molar-refractivity contribution in [1.29, 1.82) is 0 Å². The van der Waals surface area contributed by atoms with Crippen LogP contribution in [0.3, 0.4) is 0 Å². The molecule has 1 saturated carbocycles. The Hall–Kier alpha value is -1.61. The fourth-order valence-corrected chi connectivity index (χ4v) is 3.07. The van der Waals surface area contributed by atoms with Crippen molar-refractivity contribution in [2.24, 2.45) is 0 Å². The summed E-state index contributed by atoms with van der Waals surface area (Å²) in [6.45, 7) is 0. The number of halogens is 1. The molecule has 110 valence electrons. The van der Waals surface area contributed by atoms with Gasteiger partial charge in [-0.25, -0.2) is 9.78 Å². The highest BCUT2D eigenvalue weighted by molar-refractivity contribution is 6.35. The predicted molar refractivity (Wildman–Crippen MR) is 83.7 cm³/mol. The van der Waals surface area contributed by atoms with Crippen molar-refractivity contribution in [2.45, 2.75) is 44.6 Å². The van der Waals surface area contributed by atoms with E-state index < -0.39 is 0 Å². The van der Waals surface area contributed by atoms with E-state index >= 15 is 0 Å². The fourth-order valence-electron chi connectivity index (χ4n) is 2.81. The largest absolute Gasteiger partial charge is 0.458 e. The van der Waals surface area contributed by atoms with Gasteiger partial charge >= 0.3 is 5.97 Å². The van der Waals surface area contributed by atoms with E-state index in [0.717, 1.165) is 36.6 Å². The number of carbonyl (C=O) groups is 1. The summed E-state index contributed by atoms with van der Waals surface area (Å²) in [5.41, 5.74) is 1.01. The third kappa shape index (κ3) is 3.35. The zero-order chi connectivity index (χ0) is 14.7. The van der Waals surface area contributed by atoms with Crippen molar-refractivity contribution in [2.75, 3.05) is 0 Å². The summed E-state index contributed by atoms with van der Waals surface area (Å²) in [7, 11) is 0. The number of benzene rings is 1. The van der Waals surface area contributed by atoms with Crippen LogP contribution in [-0.4, -0.2) is 17.1 Å². The smallest absolute Gasteiger partial charge is 0.357 e. The maximum atomic E-state index is 12.3. The van der Waals surface area contributed by atoms with E-state index in [1.165, 1.54) is 12.8 Å². The molecule has 0 amide bonds. The summed E-state index contributed by atoms with van der Waals surface area (Å²) < 4.78 is 5.60. The number of nitrogens with zero attached hydrogens (tertiary/aromatic N) is 1. The molecule has 21 heavy (non-hydrogen) atoms. The molecular weight excluding hydrogens is 286 g/mol. The van der Waals surface area contributed by atoms with Gasteiger partial charge in [-0.05, 0) is 37.8 Å². The molecule has 4 heteroatoms. The highest BCUT2D eigenvalue weighted by Crippen LogP contribution is 2.25. The SMILES string of the molecule is O=C(OC1CCCCCC1)c1cc(Cl)c2ccccc2n1. The lowest BCUT2D eigenvalue weighted by molar-refractivity contribution is 0.0261. The molecule has 0 saturated heterocycles. The number of hydrogen-bond donors (Lipinski definition) is 0. The summed E-state index contributed by atoms with van der Waals surface area (Å²) in [6.07, 6.45) is 6.64. The molecule has 1 aliphatic carbocycles. The number of rotatable bonds is 2. The van der Waals surface area contributed by atoms with E-state index in [-0.39, 0.29) is 12.1 Å². The maximum Gasteiger partial charge on any atom is 0.357 e. The molecule has 1 heterocycles. The van der Waals surface area contributed by atoms with E-state index in [1.807, 2.05) is 24.3 Å². The van der Waals surface area contributed by atoms with Crippen LogP contribution < -0.4 is 0 Å². The summed E-state index contributed by atoms with van der Waals surface area (Å²) in [5.74, 6) is -0.366. The lowest BCUT2D eigenvalue weighted by Crippen LogP contribution is -2.18. The van der Waals surface area contributed by atoms with Crippen molar-refractivity contribution >= 4 is 28.5 Å². The predicted octanol–water partition coefficient (Wildman–Crippen LogP) is 4.77. The van der Waals surface area contributed by atoms with Crippen LogP contribution in [0.15, 0.2) is 30.3 Å². The van der Waals surface area contributed by atoms with E-state index in [0.29, 0.717) is 10.7 Å². The molecule has 0 N–H and O–H groups in total. The van der Waals surface area contributed by atoms with Gasteiger partial charge in [-0.1, -0.05) is 42.6 Å². The quantitative estimate of drug-likeness (QED) is 0.592. The lowest BCUT2D eigenvalue weighted by atomic mass is 10.1. The zero-order valence-corrected chi connectivity index (χ0v) is 12.6. The number of ether oxygens (including phenoxy) is 1. The van der Waals surface area contributed by atoms with Gasteiger partial charge in [0.25, 0.3) is 0 Å².